The zero-order valence-corrected chi connectivity index (χ0v) is 14.5. The molecule has 0 saturated heterocycles. The van der Waals surface area contributed by atoms with Gasteiger partial charge in [0.05, 0.1) is 0 Å². The fraction of sp³-hybridized carbons (Fsp3) is 0.474. The Morgan fingerprint density at radius 3 is 2.62 bits per heavy atom. The van der Waals surface area contributed by atoms with Crippen LogP contribution in [-0.2, 0) is 12.8 Å². The molecule has 1 atom stereocenters. The summed E-state index contributed by atoms with van der Waals surface area (Å²) >= 11 is 1.90. The van der Waals surface area contributed by atoms with Gasteiger partial charge in [-0.3, -0.25) is 0 Å². The first-order valence-corrected chi connectivity index (χ1v) is 8.89. The topological polar surface area (TPSA) is 12.0 Å². The Morgan fingerprint density at radius 2 is 1.90 bits per heavy atom. The molecular weight excluding hydrogens is 274 g/mol. The number of hydrogen-bond donors (Lipinski definition) is 1. The molecule has 21 heavy (non-hydrogen) atoms. The summed E-state index contributed by atoms with van der Waals surface area (Å²) in [5.41, 5.74) is 5.73. The van der Waals surface area contributed by atoms with E-state index >= 15 is 0 Å². The molecule has 1 nitrogen and oxygen atoms in total. The lowest BCUT2D eigenvalue weighted by Gasteiger charge is -2.20. The van der Waals surface area contributed by atoms with Gasteiger partial charge >= 0.3 is 0 Å². The van der Waals surface area contributed by atoms with Crippen LogP contribution in [-0.4, -0.2) is 6.54 Å². The number of aryl methyl sites for hydroxylation is 3. The molecule has 2 rings (SSSR count). The summed E-state index contributed by atoms with van der Waals surface area (Å²) in [6.45, 7) is 9.97. The van der Waals surface area contributed by atoms with E-state index in [-0.39, 0.29) is 0 Å². The minimum Gasteiger partial charge on any atom is -0.309 e. The number of rotatable bonds is 7. The standard InChI is InChI=1S/C19H27NS/c1-5-10-20-18(19-16(6-2)9-11-21-19)13-17-12-14(3)7-8-15(17)4/h7-9,11-12,18,20H,5-6,10,13H2,1-4H3. The number of nitrogens with one attached hydrogen (secondary N) is 1. The highest BCUT2D eigenvalue weighted by Crippen LogP contribution is 2.29. The van der Waals surface area contributed by atoms with E-state index in [1.165, 1.54) is 33.6 Å². The summed E-state index contributed by atoms with van der Waals surface area (Å²) in [6, 6.07) is 9.52. The molecule has 1 heterocycles. The molecular formula is C19H27NS. The van der Waals surface area contributed by atoms with Gasteiger partial charge in [0.2, 0.25) is 0 Å². The molecule has 0 aliphatic rings. The van der Waals surface area contributed by atoms with Gasteiger partial charge < -0.3 is 5.32 Å². The Morgan fingerprint density at radius 1 is 1.10 bits per heavy atom. The molecule has 1 aromatic heterocycles. The minimum absolute atomic E-state index is 0.445. The third-order valence-electron chi connectivity index (χ3n) is 4.05. The van der Waals surface area contributed by atoms with Gasteiger partial charge in [-0.1, -0.05) is 37.6 Å². The van der Waals surface area contributed by atoms with Gasteiger partial charge in [0, 0.05) is 10.9 Å². The molecule has 0 amide bonds. The highest BCUT2D eigenvalue weighted by Gasteiger charge is 2.17. The van der Waals surface area contributed by atoms with Crippen LogP contribution in [0.3, 0.4) is 0 Å². The van der Waals surface area contributed by atoms with Crippen molar-refractivity contribution in [1.29, 1.82) is 0 Å². The Balaban J connectivity index is 2.26. The van der Waals surface area contributed by atoms with Crippen LogP contribution < -0.4 is 5.32 Å². The molecule has 2 aromatic rings. The number of benzene rings is 1. The van der Waals surface area contributed by atoms with E-state index in [9.17, 15) is 0 Å². The van der Waals surface area contributed by atoms with Gasteiger partial charge in [0.15, 0.2) is 0 Å². The summed E-state index contributed by atoms with van der Waals surface area (Å²) in [6.07, 6.45) is 3.38. The third kappa shape index (κ3) is 4.18. The van der Waals surface area contributed by atoms with E-state index in [1.807, 2.05) is 11.3 Å². The fourth-order valence-corrected chi connectivity index (χ4v) is 3.84. The molecule has 0 aliphatic carbocycles. The molecule has 0 aliphatic heterocycles. The van der Waals surface area contributed by atoms with E-state index in [2.05, 4.69) is 62.7 Å². The van der Waals surface area contributed by atoms with Crippen molar-refractivity contribution in [2.45, 2.75) is 53.0 Å². The molecule has 114 valence electrons. The van der Waals surface area contributed by atoms with Crippen LogP contribution in [0, 0.1) is 13.8 Å². The van der Waals surface area contributed by atoms with Crippen molar-refractivity contribution in [3.8, 4) is 0 Å². The van der Waals surface area contributed by atoms with Gasteiger partial charge in [-0.15, -0.1) is 11.3 Å². The lowest BCUT2D eigenvalue weighted by Crippen LogP contribution is -2.24. The first-order valence-electron chi connectivity index (χ1n) is 8.01. The zero-order valence-electron chi connectivity index (χ0n) is 13.7. The molecule has 1 N–H and O–H groups in total. The second-order valence-corrected chi connectivity index (χ2v) is 6.75. The van der Waals surface area contributed by atoms with Crippen molar-refractivity contribution in [2.24, 2.45) is 0 Å². The molecule has 1 unspecified atom stereocenters. The third-order valence-corrected chi connectivity index (χ3v) is 5.12. The van der Waals surface area contributed by atoms with Crippen LogP contribution in [0.25, 0.3) is 0 Å². The lowest BCUT2D eigenvalue weighted by molar-refractivity contribution is 0.532. The molecule has 2 heteroatoms. The van der Waals surface area contributed by atoms with E-state index < -0.39 is 0 Å². The molecule has 0 saturated carbocycles. The van der Waals surface area contributed by atoms with E-state index in [0.29, 0.717) is 6.04 Å². The highest BCUT2D eigenvalue weighted by atomic mass is 32.1. The molecule has 0 bridgehead atoms. The van der Waals surface area contributed by atoms with Crippen LogP contribution in [0.1, 0.15) is 53.4 Å². The maximum absolute atomic E-state index is 3.75. The highest BCUT2D eigenvalue weighted by molar-refractivity contribution is 7.10. The van der Waals surface area contributed by atoms with Crippen LogP contribution in [0.15, 0.2) is 29.6 Å². The van der Waals surface area contributed by atoms with E-state index in [4.69, 9.17) is 0 Å². The second kappa shape index (κ2) is 7.77. The molecule has 0 fully saturated rings. The first-order chi connectivity index (χ1) is 10.2. The van der Waals surface area contributed by atoms with E-state index in [0.717, 1.165) is 19.4 Å². The molecule has 1 aromatic carbocycles. The number of thiophene rings is 1. The number of hydrogen-bond acceptors (Lipinski definition) is 2. The van der Waals surface area contributed by atoms with Crippen molar-refractivity contribution < 1.29 is 0 Å². The predicted octanol–water partition coefficient (Wildman–Crippen LogP) is 5.21. The largest absolute Gasteiger partial charge is 0.309 e. The average Bonchev–Trinajstić information content (AvgIpc) is 2.95. The summed E-state index contributed by atoms with van der Waals surface area (Å²) in [5, 5.41) is 5.99. The Labute approximate surface area is 133 Å². The SMILES string of the molecule is CCCNC(Cc1cc(C)ccc1C)c1sccc1CC. The van der Waals surface area contributed by atoms with Crippen molar-refractivity contribution >= 4 is 11.3 Å². The summed E-state index contributed by atoms with van der Waals surface area (Å²) in [5.74, 6) is 0. The van der Waals surface area contributed by atoms with Crippen LogP contribution in [0.2, 0.25) is 0 Å². The Hall–Kier alpha value is -1.12. The van der Waals surface area contributed by atoms with Crippen molar-refractivity contribution in [3.63, 3.8) is 0 Å². The Kier molecular flexibility index (Phi) is 6.01. The first kappa shape index (κ1) is 16.3. The quantitative estimate of drug-likeness (QED) is 0.740. The van der Waals surface area contributed by atoms with Crippen molar-refractivity contribution in [1.82, 2.24) is 5.32 Å². The molecule has 0 radical (unpaired) electrons. The van der Waals surface area contributed by atoms with Gasteiger partial charge in [-0.2, -0.15) is 0 Å². The monoisotopic (exact) mass is 301 g/mol. The smallest absolute Gasteiger partial charge is 0.0458 e. The zero-order chi connectivity index (χ0) is 15.2. The second-order valence-electron chi connectivity index (χ2n) is 5.80. The van der Waals surface area contributed by atoms with Gasteiger partial charge in [0.1, 0.15) is 0 Å². The van der Waals surface area contributed by atoms with Crippen molar-refractivity contribution in [3.05, 3.63) is 56.8 Å². The fourth-order valence-electron chi connectivity index (χ4n) is 2.76. The van der Waals surface area contributed by atoms with Crippen LogP contribution in [0.4, 0.5) is 0 Å². The van der Waals surface area contributed by atoms with Crippen molar-refractivity contribution in [2.75, 3.05) is 6.54 Å². The van der Waals surface area contributed by atoms with Crippen LogP contribution >= 0.6 is 11.3 Å². The van der Waals surface area contributed by atoms with E-state index in [1.54, 1.807) is 0 Å². The summed E-state index contributed by atoms with van der Waals surface area (Å²) < 4.78 is 0. The maximum atomic E-state index is 3.75. The maximum Gasteiger partial charge on any atom is 0.0458 e. The molecule has 0 spiro atoms. The average molecular weight is 301 g/mol. The van der Waals surface area contributed by atoms with Gasteiger partial charge in [0.25, 0.3) is 0 Å². The normalized spacial score (nSPS) is 12.6. The summed E-state index contributed by atoms with van der Waals surface area (Å²) in [4.78, 5) is 1.52. The summed E-state index contributed by atoms with van der Waals surface area (Å²) in [7, 11) is 0. The minimum atomic E-state index is 0.445. The lowest BCUT2D eigenvalue weighted by atomic mass is 9.96. The Bertz CT molecular complexity index is 571. The van der Waals surface area contributed by atoms with Gasteiger partial charge in [-0.05, 0) is 67.8 Å². The predicted molar refractivity (Wildman–Crippen MR) is 94.4 cm³/mol. The van der Waals surface area contributed by atoms with Gasteiger partial charge in [-0.25, -0.2) is 0 Å². The van der Waals surface area contributed by atoms with Crippen LogP contribution in [0.5, 0.6) is 0 Å².